The smallest absolute Gasteiger partial charge is 0.0336 e. The van der Waals surface area contributed by atoms with Gasteiger partial charge in [-0.1, -0.05) is 13.0 Å². The molecule has 2 rings (SSSR count). The summed E-state index contributed by atoms with van der Waals surface area (Å²) in [4.78, 5) is 3.98. The van der Waals surface area contributed by atoms with E-state index in [1.54, 1.807) is 0 Å². The van der Waals surface area contributed by atoms with Crippen molar-refractivity contribution in [3.63, 3.8) is 0 Å². The van der Waals surface area contributed by atoms with Crippen LogP contribution in [0.1, 0.15) is 24.6 Å². The molecule has 0 unspecified atom stereocenters. The molecule has 1 aromatic rings. The van der Waals surface area contributed by atoms with E-state index in [1.807, 2.05) is 11.3 Å². The van der Waals surface area contributed by atoms with Crippen LogP contribution < -0.4 is 5.73 Å². The third-order valence-electron chi connectivity index (χ3n) is 3.19. The highest BCUT2D eigenvalue weighted by Crippen LogP contribution is 2.41. The molecule has 0 spiro atoms. The normalized spacial score (nSPS) is 18.8. The monoisotopic (exact) mass is 210 g/mol. The van der Waals surface area contributed by atoms with Gasteiger partial charge in [-0.2, -0.15) is 0 Å². The fraction of sp³-hybridized carbons (Fsp3) is 0.636. The van der Waals surface area contributed by atoms with E-state index in [2.05, 4.69) is 29.3 Å². The molecule has 2 nitrogen and oxygen atoms in total. The maximum absolute atomic E-state index is 5.84. The maximum atomic E-state index is 5.84. The Kier molecular flexibility index (Phi) is 2.91. The van der Waals surface area contributed by atoms with Crippen LogP contribution in [0.2, 0.25) is 0 Å². The number of thiophene rings is 1. The molecule has 1 saturated carbocycles. The molecule has 0 bridgehead atoms. The molecular formula is C11H18N2S. The van der Waals surface area contributed by atoms with E-state index in [4.69, 9.17) is 5.73 Å². The van der Waals surface area contributed by atoms with Crippen molar-refractivity contribution in [2.24, 2.45) is 5.73 Å². The van der Waals surface area contributed by atoms with E-state index in [1.165, 1.54) is 17.7 Å². The summed E-state index contributed by atoms with van der Waals surface area (Å²) in [5.41, 5.74) is 6.18. The van der Waals surface area contributed by atoms with Gasteiger partial charge in [0.05, 0.1) is 0 Å². The summed E-state index contributed by atoms with van der Waals surface area (Å²) in [5.74, 6) is 0. The number of nitrogens with zero attached hydrogens (tertiary/aromatic N) is 1. The van der Waals surface area contributed by atoms with Gasteiger partial charge in [0.15, 0.2) is 0 Å². The summed E-state index contributed by atoms with van der Waals surface area (Å²) in [6.45, 7) is 5.22. The van der Waals surface area contributed by atoms with E-state index in [0.29, 0.717) is 5.54 Å². The summed E-state index contributed by atoms with van der Waals surface area (Å²) in [6.07, 6.45) is 2.56. The summed E-state index contributed by atoms with van der Waals surface area (Å²) in [7, 11) is 0. The third kappa shape index (κ3) is 1.85. The van der Waals surface area contributed by atoms with Gasteiger partial charge in [-0.25, -0.2) is 0 Å². The molecule has 0 atom stereocenters. The molecule has 0 radical (unpaired) electrons. The Morgan fingerprint density at radius 3 is 2.79 bits per heavy atom. The first-order chi connectivity index (χ1) is 6.80. The van der Waals surface area contributed by atoms with Gasteiger partial charge in [0.1, 0.15) is 0 Å². The minimum Gasteiger partial charge on any atom is -0.329 e. The Bertz CT molecular complexity index is 277. The lowest BCUT2D eigenvalue weighted by Gasteiger charge is -2.29. The van der Waals surface area contributed by atoms with E-state index < -0.39 is 0 Å². The zero-order valence-corrected chi connectivity index (χ0v) is 9.52. The quantitative estimate of drug-likeness (QED) is 0.806. The Morgan fingerprint density at radius 1 is 1.57 bits per heavy atom. The second kappa shape index (κ2) is 4.01. The molecule has 1 aliphatic rings. The highest BCUT2D eigenvalue weighted by atomic mass is 32.1. The summed E-state index contributed by atoms with van der Waals surface area (Å²) < 4.78 is 0. The van der Waals surface area contributed by atoms with E-state index >= 15 is 0 Å². The highest BCUT2D eigenvalue weighted by Gasteiger charge is 2.45. The molecular weight excluding hydrogens is 192 g/mol. The minimum atomic E-state index is 0.346. The van der Waals surface area contributed by atoms with Crippen molar-refractivity contribution >= 4 is 11.3 Å². The molecule has 0 saturated heterocycles. The second-order valence-corrected chi connectivity index (χ2v) is 5.05. The number of rotatable bonds is 5. The predicted molar refractivity (Wildman–Crippen MR) is 61.4 cm³/mol. The van der Waals surface area contributed by atoms with Gasteiger partial charge in [0, 0.05) is 23.5 Å². The molecule has 14 heavy (non-hydrogen) atoms. The third-order valence-corrected chi connectivity index (χ3v) is 4.05. The Balaban J connectivity index is 2.00. The van der Waals surface area contributed by atoms with Crippen molar-refractivity contribution in [3.05, 3.63) is 22.4 Å². The van der Waals surface area contributed by atoms with Crippen LogP contribution >= 0.6 is 11.3 Å². The van der Waals surface area contributed by atoms with Crippen LogP contribution in [-0.2, 0) is 6.54 Å². The fourth-order valence-corrected chi connectivity index (χ4v) is 2.72. The summed E-state index contributed by atoms with van der Waals surface area (Å²) >= 11 is 1.84. The van der Waals surface area contributed by atoms with Crippen molar-refractivity contribution in [2.75, 3.05) is 13.1 Å². The van der Waals surface area contributed by atoms with E-state index in [-0.39, 0.29) is 0 Å². The molecule has 1 aliphatic carbocycles. The van der Waals surface area contributed by atoms with Gasteiger partial charge in [0.2, 0.25) is 0 Å². The SMILES string of the molecule is CCN(Cc1cccs1)C1(CN)CC1. The van der Waals surface area contributed by atoms with Crippen molar-refractivity contribution in [1.82, 2.24) is 4.90 Å². The van der Waals surface area contributed by atoms with Gasteiger partial charge in [-0.15, -0.1) is 11.3 Å². The molecule has 0 amide bonds. The topological polar surface area (TPSA) is 29.3 Å². The standard InChI is InChI=1S/C11H18N2S/c1-2-13(11(9-12)5-6-11)8-10-4-3-7-14-10/h3-4,7H,2,5-6,8-9,12H2,1H3. The molecule has 0 aromatic carbocycles. The van der Waals surface area contributed by atoms with Crippen LogP contribution in [0.5, 0.6) is 0 Å². The molecule has 2 N–H and O–H groups in total. The first-order valence-corrected chi connectivity index (χ1v) is 6.16. The van der Waals surface area contributed by atoms with Crippen LogP contribution in [0.15, 0.2) is 17.5 Å². The van der Waals surface area contributed by atoms with Gasteiger partial charge in [-0.3, -0.25) is 4.90 Å². The van der Waals surface area contributed by atoms with Crippen molar-refractivity contribution in [3.8, 4) is 0 Å². The zero-order chi connectivity index (χ0) is 10.0. The average Bonchev–Trinajstić information content (AvgIpc) is 2.85. The number of hydrogen-bond donors (Lipinski definition) is 1. The van der Waals surface area contributed by atoms with Crippen LogP contribution in [-0.4, -0.2) is 23.5 Å². The molecule has 1 heterocycles. The summed E-state index contributed by atoms with van der Waals surface area (Å²) in [6, 6.07) is 4.33. The first-order valence-electron chi connectivity index (χ1n) is 5.28. The van der Waals surface area contributed by atoms with Gasteiger partial charge >= 0.3 is 0 Å². The first kappa shape index (κ1) is 10.1. The number of likely N-dealkylation sites (N-methyl/N-ethyl adjacent to an activating group) is 1. The second-order valence-electron chi connectivity index (χ2n) is 4.02. The molecule has 0 aliphatic heterocycles. The van der Waals surface area contributed by atoms with E-state index in [0.717, 1.165) is 19.6 Å². The maximum Gasteiger partial charge on any atom is 0.0336 e. The Morgan fingerprint density at radius 2 is 2.36 bits per heavy atom. The minimum absolute atomic E-state index is 0.346. The summed E-state index contributed by atoms with van der Waals surface area (Å²) in [5, 5.41) is 2.14. The highest BCUT2D eigenvalue weighted by molar-refractivity contribution is 7.09. The lowest BCUT2D eigenvalue weighted by atomic mass is 10.2. The van der Waals surface area contributed by atoms with Crippen LogP contribution in [0.25, 0.3) is 0 Å². The molecule has 3 heteroatoms. The van der Waals surface area contributed by atoms with Gasteiger partial charge in [0.25, 0.3) is 0 Å². The average molecular weight is 210 g/mol. The fourth-order valence-electron chi connectivity index (χ4n) is 2.00. The Hall–Kier alpha value is -0.380. The Labute approximate surface area is 89.7 Å². The van der Waals surface area contributed by atoms with Crippen LogP contribution in [0.4, 0.5) is 0 Å². The number of nitrogens with two attached hydrogens (primary N) is 1. The molecule has 1 fully saturated rings. The lowest BCUT2D eigenvalue weighted by Crippen LogP contribution is -2.42. The molecule has 78 valence electrons. The van der Waals surface area contributed by atoms with Crippen LogP contribution in [0, 0.1) is 0 Å². The van der Waals surface area contributed by atoms with Crippen molar-refractivity contribution in [1.29, 1.82) is 0 Å². The van der Waals surface area contributed by atoms with Crippen LogP contribution in [0.3, 0.4) is 0 Å². The molecule has 1 aromatic heterocycles. The largest absolute Gasteiger partial charge is 0.329 e. The van der Waals surface area contributed by atoms with Crippen molar-refractivity contribution < 1.29 is 0 Å². The predicted octanol–water partition coefficient (Wildman–Crippen LogP) is 2.06. The number of hydrogen-bond acceptors (Lipinski definition) is 3. The van der Waals surface area contributed by atoms with Gasteiger partial charge < -0.3 is 5.73 Å². The van der Waals surface area contributed by atoms with Crippen molar-refractivity contribution in [2.45, 2.75) is 31.8 Å². The van der Waals surface area contributed by atoms with Gasteiger partial charge in [-0.05, 0) is 30.8 Å². The lowest BCUT2D eigenvalue weighted by molar-refractivity contribution is 0.184. The zero-order valence-electron chi connectivity index (χ0n) is 8.70. The van der Waals surface area contributed by atoms with E-state index in [9.17, 15) is 0 Å².